The Labute approximate surface area is 93.1 Å². The monoisotopic (exact) mass is 226 g/mol. The number of nitrogens with zero attached hydrogens (tertiary/aromatic N) is 1. The molecule has 15 heavy (non-hydrogen) atoms. The number of rotatable bonds is 5. The number of aromatic nitrogens is 1. The van der Waals surface area contributed by atoms with Crippen LogP contribution in [-0.4, -0.2) is 34.4 Å². The lowest BCUT2D eigenvalue weighted by molar-refractivity contribution is -0.118. The lowest BCUT2D eigenvalue weighted by Gasteiger charge is -2.06. The second-order valence-electron chi connectivity index (χ2n) is 3.12. The Bertz CT molecular complexity index is 304. The van der Waals surface area contributed by atoms with Gasteiger partial charge in [0.05, 0.1) is 11.9 Å². The van der Waals surface area contributed by atoms with Gasteiger partial charge >= 0.3 is 0 Å². The van der Waals surface area contributed by atoms with E-state index >= 15 is 0 Å². The molecule has 0 spiro atoms. The molecule has 0 aliphatic rings. The molecule has 82 valence electrons. The van der Waals surface area contributed by atoms with Crippen molar-refractivity contribution in [3.8, 4) is 0 Å². The first-order valence-electron chi connectivity index (χ1n) is 4.66. The number of carbonyl (C=O) groups excluding carboxylic acids is 1. The van der Waals surface area contributed by atoms with Crippen LogP contribution in [0.25, 0.3) is 0 Å². The number of nitrogens with one attached hydrogen (secondary N) is 1. The highest BCUT2D eigenvalue weighted by atomic mass is 32.2. The van der Waals surface area contributed by atoms with Gasteiger partial charge in [0.2, 0.25) is 5.91 Å². The average Bonchev–Trinajstić information content (AvgIpc) is 2.25. The Kier molecular flexibility index (Phi) is 5.14. The van der Waals surface area contributed by atoms with Gasteiger partial charge in [-0.3, -0.25) is 9.78 Å². The zero-order valence-electron chi connectivity index (χ0n) is 8.51. The molecule has 1 rings (SSSR count). The first-order chi connectivity index (χ1) is 7.18. The van der Waals surface area contributed by atoms with Gasteiger partial charge in [0, 0.05) is 23.8 Å². The van der Waals surface area contributed by atoms with Crippen LogP contribution in [0, 0.1) is 0 Å². The molecule has 0 saturated carbocycles. The number of thioether (sulfide) groups is 1. The van der Waals surface area contributed by atoms with Crippen molar-refractivity contribution in [3.63, 3.8) is 0 Å². The lowest BCUT2D eigenvalue weighted by Crippen LogP contribution is -2.31. The van der Waals surface area contributed by atoms with Crippen LogP contribution in [-0.2, 0) is 4.79 Å². The summed E-state index contributed by atoms with van der Waals surface area (Å²) in [5.41, 5.74) is 0. The molecule has 4 nitrogen and oxygen atoms in total. The summed E-state index contributed by atoms with van der Waals surface area (Å²) in [6, 6.07) is 3.71. The fraction of sp³-hybridized carbons (Fsp3) is 0.400. The largest absolute Gasteiger partial charge is 0.392 e. The predicted octanol–water partition coefficient (Wildman–Crippen LogP) is 0.671. The highest BCUT2D eigenvalue weighted by molar-refractivity contribution is 8.00. The fourth-order valence-electron chi connectivity index (χ4n) is 0.896. The van der Waals surface area contributed by atoms with Crippen molar-refractivity contribution >= 4 is 17.7 Å². The molecular weight excluding hydrogens is 212 g/mol. The number of carbonyl (C=O) groups is 1. The van der Waals surface area contributed by atoms with Gasteiger partial charge in [-0.1, -0.05) is 0 Å². The molecule has 1 amide bonds. The molecule has 0 saturated heterocycles. The van der Waals surface area contributed by atoms with Gasteiger partial charge in [-0.2, -0.15) is 0 Å². The molecule has 1 heterocycles. The molecule has 0 bridgehead atoms. The van der Waals surface area contributed by atoms with Crippen LogP contribution in [0.5, 0.6) is 0 Å². The summed E-state index contributed by atoms with van der Waals surface area (Å²) in [6.45, 7) is 1.94. The Morgan fingerprint density at radius 1 is 1.60 bits per heavy atom. The first-order valence-corrected chi connectivity index (χ1v) is 5.64. The Hall–Kier alpha value is -1.07. The summed E-state index contributed by atoms with van der Waals surface area (Å²) in [7, 11) is 0. The van der Waals surface area contributed by atoms with Crippen LogP contribution in [0.4, 0.5) is 0 Å². The summed E-state index contributed by atoms with van der Waals surface area (Å²) in [5, 5.41) is 11.6. The van der Waals surface area contributed by atoms with Crippen molar-refractivity contribution in [2.75, 3.05) is 12.3 Å². The lowest BCUT2D eigenvalue weighted by atomic mass is 10.4. The van der Waals surface area contributed by atoms with Gasteiger partial charge in [0.1, 0.15) is 0 Å². The van der Waals surface area contributed by atoms with E-state index in [0.717, 1.165) is 4.90 Å². The van der Waals surface area contributed by atoms with E-state index in [-0.39, 0.29) is 5.91 Å². The number of hydrogen-bond donors (Lipinski definition) is 2. The second-order valence-corrected chi connectivity index (χ2v) is 4.17. The summed E-state index contributed by atoms with van der Waals surface area (Å²) in [4.78, 5) is 16.2. The van der Waals surface area contributed by atoms with E-state index < -0.39 is 6.10 Å². The molecule has 0 unspecified atom stereocenters. The third-order valence-corrected chi connectivity index (χ3v) is 2.63. The van der Waals surface area contributed by atoms with Crippen molar-refractivity contribution in [1.82, 2.24) is 10.3 Å². The maximum atomic E-state index is 11.3. The van der Waals surface area contributed by atoms with Crippen LogP contribution in [0.2, 0.25) is 0 Å². The van der Waals surface area contributed by atoms with E-state index in [1.165, 1.54) is 11.8 Å². The average molecular weight is 226 g/mol. The Balaban J connectivity index is 2.23. The number of aliphatic hydroxyl groups excluding tert-OH is 1. The molecule has 0 aliphatic heterocycles. The van der Waals surface area contributed by atoms with E-state index in [2.05, 4.69) is 10.3 Å². The Morgan fingerprint density at radius 3 is 2.87 bits per heavy atom. The minimum atomic E-state index is -0.500. The van der Waals surface area contributed by atoms with Crippen molar-refractivity contribution in [1.29, 1.82) is 0 Å². The summed E-state index contributed by atoms with van der Waals surface area (Å²) in [6.07, 6.45) is 2.88. The van der Waals surface area contributed by atoms with Gasteiger partial charge in [0.15, 0.2) is 0 Å². The normalized spacial score (nSPS) is 12.1. The number of amides is 1. The highest BCUT2D eigenvalue weighted by Gasteiger charge is 2.03. The van der Waals surface area contributed by atoms with Crippen LogP contribution in [0.1, 0.15) is 6.92 Å². The van der Waals surface area contributed by atoms with E-state index in [1.807, 2.05) is 12.1 Å². The third kappa shape index (κ3) is 5.39. The van der Waals surface area contributed by atoms with Gasteiger partial charge in [-0.05, 0) is 19.1 Å². The quantitative estimate of drug-likeness (QED) is 0.724. The fourth-order valence-corrected chi connectivity index (χ4v) is 1.61. The summed E-state index contributed by atoms with van der Waals surface area (Å²) >= 11 is 1.45. The van der Waals surface area contributed by atoms with Crippen LogP contribution >= 0.6 is 11.8 Å². The van der Waals surface area contributed by atoms with E-state index in [4.69, 9.17) is 5.11 Å². The van der Waals surface area contributed by atoms with Gasteiger partial charge in [-0.25, -0.2) is 0 Å². The molecule has 1 aromatic heterocycles. The van der Waals surface area contributed by atoms with E-state index in [1.54, 1.807) is 19.3 Å². The summed E-state index contributed by atoms with van der Waals surface area (Å²) in [5.74, 6) is 0.286. The molecule has 0 aliphatic carbocycles. The predicted molar refractivity (Wildman–Crippen MR) is 59.7 cm³/mol. The Morgan fingerprint density at radius 2 is 2.27 bits per heavy atom. The number of pyridine rings is 1. The molecule has 1 aromatic rings. The molecule has 0 fully saturated rings. The smallest absolute Gasteiger partial charge is 0.230 e. The zero-order chi connectivity index (χ0) is 11.1. The van der Waals surface area contributed by atoms with Crippen LogP contribution in [0.15, 0.2) is 29.4 Å². The number of hydrogen-bond acceptors (Lipinski definition) is 4. The van der Waals surface area contributed by atoms with Gasteiger partial charge in [0.25, 0.3) is 0 Å². The van der Waals surface area contributed by atoms with Crippen LogP contribution in [0.3, 0.4) is 0 Å². The second kappa shape index (κ2) is 6.42. The maximum Gasteiger partial charge on any atom is 0.230 e. The van der Waals surface area contributed by atoms with Crippen molar-refractivity contribution in [2.24, 2.45) is 0 Å². The minimum absolute atomic E-state index is 0.0716. The molecule has 2 N–H and O–H groups in total. The van der Waals surface area contributed by atoms with E-state index in [0.29, 0.717) is 12.3 Å². The molecule has 0 aromatic carbocycles. The first kappa shape index (κ1) is 12.0. The standard InChI is InChI=1S/C10H14N2O2S/c1-8(13)6-12-10(14)7-15-9-2-4-11-5-3-9/h2-5,8,13H,6-7H2,1H3,(H,12,14)/t8-/m1/s1. The van der Waals surface area contributed by atoms with Crippen molar-refractivity contribution in [3.05, 3.63) is 24.5 Å². The molecule has 5 heteroatoms. The number of aliphatic hydroxyl groups is 1. The molecule has 0 radical (unpaired) electrons. The van der Waals surface area contributed by atoms with Crippen molar-refractivity contribution in [2.45, 2.75) is 17.9 Å². The van der Waals surface area contributed by atoms with Gasteiger partial charge < -0.3 is 10.4 Å². The SMILES string of the molecule is C[C@@H](O)CNC(=O)CSc1ccncc1. The molecular formula is C10H14N2O2S. The van der Waals surface area contributed by atoms with Crippen LogP contribution < -0.4 is 5.32 Å². The topological polar surface area (TPSA) is 62.2 Å². The maximum absolute atomic E-state index is 11.3. The highest BCUT2D eigenvalue weighted by Crippen LogP contribution is 2.15. The zero-order valence-corrected chi connectivity index (χ0v) is 9.33. The van der Waals surface area contributed by atoms with E-state index in [9.17, 15) is 4.79 Å². The third-order valence-electron chi connectivity index (χ3n) is 1.61. The summed E-state index contributed by atoms with van der Waals surface area (Å²) < 4.78 is 0. The van der Waals surface area contributed by atoms with Crippen molar-refractivity contribution < 1.29 is 9.90 Å². The van der Waals surface area contributed by atoms with Gasteiger partial charge in [-0.15, -0.1) is 11.8 Å². The molecule has 1 atom stereocenters. The minimum Gasteiger partial charge on any atom is -0.392 e.